The van der Waals surface area contributed by atoms with Crippen LogP contribution < -0.4 is 5.32 Å². The number of azide groups is 1. The van der Waals surface area contributed by atoms with E-state index in [1.165, 1.54) is 24.3 Å². The third kappa shape index (κ3) is 4.77. The van der Waals surface area contributed by atoms with Crippen molar-refractivity contribution in [2.24, 2.45) is 5.11 Å². The number of carbonyl (C=O) groups is 2. The van der Waals surface area contributed by atoms with Gasteiger partial charge in [0.2, 0.25) is 0 Å². The van der Waals surface area contributed by atoms with Gasteiger partial charge in [-0.2, -0.15) is 0 Å². The van der Waals surface area contributed by atoms with Crippen LogP contribution in [0.1, 0.15) is 17.2 Å². The number of rotatable bonds is 6. The summed E-state index contributed by atoms with van der Waals surface area (Å²) >= 11 is 0. The average molecular weight is 428 g/mol. The summed E-state index contributed by atoms with van der Waals surface area (Å²) in [6, 6.07) is 5.13. The number of hydrogen-bond donors (Lipinski definition) is 2. The second-order valence-electron chi connectivity index (χ2n) is 5.52. The zero-order valence-corrected chi connectivity index (χ0v) is 15.0. The molecule has 0 spiro atoms. The fourth-order valence-corrected chi connectivity index (χ4v) is 2.21. The summed E-state index contributed by atoms with van der Waals surface area (Å²) in [5.41, 5.74) is 5.74. The van der Waals surface area contributed by atoms with Gasteiger partial charge < -0.3 is 14.6 Å². The molecule has 2 rings (SSSR count). The molecule has 13 heteroatoms. The second-order valence-corrected chi connectivity index (χ2v) is 5.52. The molecule has 1 unspecified atom stereocenters. The van der Waals surface area contributed by atoms with Crippen molar-refractivity contribution in [1.82, 2.24) is 0 Å². The number of aliphatic hydroxyl groups excluding tert-OH is 1. The predicted octanol–water partition coefficient (Wildman–Crippen LogP) is 4.14. The van der Waals surface area contributed by atoms with Gasteiger partial charge >= 0.3 is 12.1 Å². The Morgan fingerprint density at radius 3 is 2.20 bits per heavy atom. The first-order chi connectivity index (χ1) is 14.2. The van der Waals surface area contributed by atoms with Crippen molar-refractivity contribution in [3.63, 3.8) is 0 Å². The zero-order chi connectivity index (χ0) is 22.4. The van der Waals surface area contributed by atoms with Gasteiger partial charge in [0.25, 0.3) is 0 Å². The number of aliphatic hydroxyl groups is 1. The van der Waals surface area contributed by atoms with Gasteiger partial charge in [0.15, 0.2) is 29.4 Å². The van der Waals surface area contributed by atoms with Crippen molar-refractivity contribution >= 4 is 23.4 Å². The highest BCUT2D eigenvalue weighted by Crippen LogP contribution is 2.31. The first-order valence-electron chi connectivity index (χ1n) is 7.90. The number of anilines is 1. The second kappa shape index (κ2) is 9.58. The van der Waals surface area contributed by atoms with E-state index in [2.05, 4.69) is 24.8 Å². The molecule has 0 aliphatic heterocycles. The van der Waals surface area contributed by atoms with Crippen molar-refractivity contribution in [2.45, 2.75) is 12.7 Å². The molecule has 0 aromatic heterocycles. The van der Waals surface area contributed by atoms with E-state index in [0.29, 0.717) is 0 Å². The highest BCUT2D eigenvalue weighted by atomic mass is 19.2. The van der Waals surface area contributed by atoms with Crippen LogP contribution in [0.25, 0.3) is 10.4 Å². The Hall–Kier alpha value is -3.83. The molecule has 0 saturated heterocycles. The Kier molecular flexibility index (Phi) is 7.17. The maximum atomic E-state index is 13.9. The van der Waals surface area contributed by atoms with Crippen LogP contribution in [0.3, 0.4) is 0 Å². The lowest BCUT2D eigenvalue weighted by molar-refractivity contribution is -0.150. The number of hydrogen-bond acceptors (Lipinski definition) is 6. The monoisotopic (exact) mass is 428 g/mol. The number of esters is 1. The highest BCUT2D eigenvalue weighted by Gasteiger charge is 2.25. The van der Waals surface area contributed by atoms with Crippen LogP contribution in [-0.2, 0) is 20.9 Å². The molecular formula is C17H12F4N4O5. The van der Waals surface area contributed by atoms with Gasteiger partial charge in [-0.25, -0.2) is 27.2 Å². The van der Waals surface area contributed by atoms with E-state index in [4.69, 9.17) is 5.53 Å². The van der Waals surface area contributed by atoms with E-state index >= 15 is 0 Å². The quantitative estimate of drug-likeness (QED) is 0.178. The first kappa shape index (κ1) is 22.5. The van der Waals surface area contributed by atoms with Crippen LogP contribution in [-0.4, -0.2) is 24.3 Å². The number of benzene rings is 2. The number of carbonyl (C=O) groups excluding carboxylic acids is 2. The number of nitrogens with one attached hydrogen (secondary N) is 1. The number of ether oxygens (including phenoxy) is 2. The summed E-state index contributed by atoms with van der Waals surface area (Å²) in [7, 11) is 1.09. The van der Waals surface area contributed by atoms with Crippen LogP contribution in [0.2, 0.25) is 0 Å². The van der Waals surface area contributed by atoms with Crippen molar-refractivity contribution in [3.05, 3.63) is 69.1 Å². The summed E-state index contributed by atoms with van der Waals surface area (Å²) in [4.78, 5) is 25.1. The van der Waals surface area contributed by atoms with Crippen molar-refractivity contribution < 1.29 is 41.7 Å². The predicted molar refractivity (Wildman–Crippen MR) is 92.3 cm³/mol. The minimum absolute atomic E-state index is 0.109. The molecule has 0 fully saturated rings. The molecule has 0 heterocycles. The largest absolute Gasteiger partial charge is 0.467 e. The minimum atomic E-state index is -1.94. The topological polar surface area (TPSA) is 134 Å². The van der Waals surface area contributed by atoms with E-state index in [0.717, 1.165) is 7.11 Å². The number of methoxy groups -OCH3 is 1. The summed E-state index contributed by atoms with van der Waals surface area (Å²) in [6.07, 6.45) is -2.77. The number of halogens is 4. The fraction of sp³-hybridized carbons (Fsp3) is 0.176. The molecule has 158 valence electrons. The molecule has 2 aromatic rings. The molecule has 30 heavy (non-hydrogen) atoms. The van der Waals surface area contributed by atoms with Gasteiger partial charge in [-0.1, -0.05) is 17.2 Å². The lowest BCUT2D eigenvalue weighted by Crippen LogP contribution is -2.16. The van der Waals surface area contributed by atoms with E-state index in [9.17, 15) is 32.3 Å². The number of nitrogens with zero attached hydrogens (tertiary/aromatic N) is 3. The highest BCUT2D eigenvalue weighted by molar-refractivity contribution is 5.84. The zero-order valence-electron chi connectivity index (χ0n) is 15.0. The maximum Gasteiger partial charge on any atom is 0.411 e. The minimum Gasteiger partial charge on any atom is -0.467 e. The third-order valence-electron chi connectivity index (χ3n) is 3.72. The molecule has 9 nitrogen and oxygen atoms in total. The summed E-state index contributed by atoms with van der Waals surface area (Å²) < 4.78 is 64.1. The third-order valence-corrected chi connectivity index (χ3v) is 3.72. The molecule has 1 amide bonds. The van der Waals surface area contributed by atoms with Crippen molar-refractivity contribution in [1.29, 1.82) is 0 Å². The Bertz CT molecular complexity index is 997. The van der Waals surface area contributed by atoms with E-state index < -0.39 is 59.3 Å². The van der Waals surface area contributed by atoms with Gasteiger partial charge in [0, 0.05) is 10.6 Å². The Balaban J connectivity index is 2.08. The van der Waals surface area contributed by atoms with Crippen LogP contribution in [0.5, 0.6) is 0 Å². The molecule has 0 radical (unpaired) electrons. The van der Waals surface area contributed by atoms with Gasteiger partial charge in [0.05, 0.1) is 12.7 Å². The summed E-state index contributed by atoms with van der Waals surface area (Å²) in [5.74, 6) is -8.54. The van der Waals surface area contributed by atoms with E-state index in [1.54, 1.807) is 0 Å². The fourth-order valence-electron chi connectivity index (χ4n) is 2.21. The molecule has 0 aliphatic carbocycles. The molecule has 2 N–H and O–H groups in total. The molecule has 2 aromatic carbocycles. The lowest BCUT2D eigenvalue weighted by Gasteiger charge is -2.12. The van der Waals surface area contributed by atoms with E-state index in [-0.39, 0.29) is 11.3 Å². The molecule has 0 bridgehead atoms. The summed E-state index contributed by atoms with van der Waals surface area (Å²) in [5, 5.41) is 14.4. The number of amides is 1. The molecule has 1 atom stereocenters. The smallest absolute Gasteiger partial charge is 0.411 e. The van der Waals surface area contributed by atoms with Crippen LogP contribution >= 0.6 is 0 Å². The molecule has 0 aliphatic rings. The first-order valence-corrected chi connectivity index (χ1v) is 7.90. The average Bonchev–Trinajstić information content (AvgIpc) is 2.74. The van der Waals surface area contributed by atoms with E-state index in [1.807, 2.05) is 0 Å². The summed E-state index contributed by atoms with van der Waals surface area (Å²) in [6.45, 7) is -1.17. The normalized spacial score (nSPS) is 11.3. The van der Waals surface area contributed by atoms with Gasteiger partial charge in [0.1, 0.15) is 12.3 Å². The molecule has 0 saturated carbocycles. The van der Waals surface area contributed by atoms with Crippen LogP contribution in [0.15, 0.2) is 29.4 Å². The standard InChI is InChI=1S/C17H12F4N4O5/c1-29-16(27)15(26)7-2-4-8(5-3-7)23-17(28)30-6-9-10(18)12(20)14(24-25-22)13(21)11(9)19/h2-5,15,26H,6H2,1H3,(H,23,28). The lowest BCUT2D eigenvalue weighted by atomic mass is 10.1. The Morgan fingerprint density at radius 2 is 1.70 bits per heavy atom. The van der Waals surface area contributed by atoms with Gasteiger partial charge in [-0.3, -0.25) is 5.32 Å². The Labute approximate surface area is 165 Å². The molecular weight excluding hydrogens is 416 g/mol. The van der Waals surface area contributed by atoms with Crippen LogP contribution in [0.4, 0.5) is 33.7 Å². The SMILES string of the molecule is COC(=O)C(O)c1ccc(NC(=O)OCc2c(F)c(F)c(N=[N+]=[N-])c(F)c2F)cc1. The van der Waals surface area contributed by atoms with Gasteiger partial charge in [-0.15, -0.1) is 0 Å². The maximum absolute atomic E-state index is 13.9. The van der Waals surface area contributed by atoms with Crippen molar-refractivity contribution in [3.8, 4) is 0 Å². The van der Waals surface area contributed by atoms with Crippen LogP contribution in [0, 0.1) is 23.3 Å². The van der Waals surface area contributed by atoms with Gasteiger partial charge in [-0.05, 0) is 23.2 Å². The Morgan fingerprint density at radius 1 is 1.13 bits per heavy atom. The van der Waals surface area contributed by atoms with Crippen molar-refractivity contribution in [2.75, 3.05) is 12.4 Å².